The number of nitrogens with one attached hydrogen (secondary N) is 1. The van der Waals surface area contributed by atoms with Crippen molar-refractivity contribution in [1.29, 1.82) is 0 Å². The first-order valence-corrected chi connectivity index (χ1v) is 8.57. The quantitative estimate of drug-likeness (QED) is 0.840. The second-order valence-corrected chi connectivity index (χ2v) is 7.07. The molecule has 3 nitrogen and oxygen atoms in total. The lowest BCUT2D eigenvalue weighted by Crippen LogP contribution is -2.25. The highest BCUT2D eigenvalue weighted by atomic mass is 32.1. The molecule has 2 aliphatic rings. The lowest BCUT2D eigenvalue weighted by molar-refractivity contribution is -0.123. The van der Waals surface area contributed by atoms with Crippen molar-refractivity contribution in [3.63, 3.8) is 0 Å². The van der Waals surface area contributed by atoms with Gasteiger partial charge in [-0.15, -0.1) is 11.3 Å². The van der Waals surface area contributed by atoms with E-state index in [1.54, 1.807) is 11.3 Å². The number of fused-ring (bicyclic) bond motifs is 1. The van der Waals surface area contributed by atoms with Crippen LogP contribution < -0.4 is 5.32 Å². The Morgan fingerprint density at radius 2 is 2.10 bits per heavy atom. The van der Waals surface area contributed by atoms with Crippen LogP contribution in [0.1, 0.15) is 41.9 Å². The normalized spacial score (nSPS) is 26.4. The molecule has 112 valence electrons. The van der Waals surface area contributed by atoms with Crippen molar-refractivity contribution in [2.45, 2.75) is 38.6 Å². The van der Waals surface area contributed by atoms with Crippen LogP contribution >= 0.6 is 11.3 Å². The van der Waals surface area contributed by atoms with Crippen molar-refractivity contribution in [2.24, 2.45) is 17.8 Å². The Kier molecular flexibility index (Phi) is 4.62. The highest BCUT2D eigenvalue weighted by Gasteiger charge is 2.54. The summed E-state index contributed by atoms with van der Waals surface area (Å²) < 4.78 is 0. The van der Waals surface area contributed by atoms with Crippen molar-refractivity contribution < 1.29 is 9.90 Å². The summed E-state index contributed by atoms with van der Waals surface area (Å²) in [5, 5.41) is 11.8. The van der Waals surface area contributed by atoms with Gasteiger partial charge in [0.1, 0.15) is 0 Å². The molecule has 3 rings (SSSR count). The van der Waals surface area contributed by atoms with Crippen LogP contribution in [0.25, 0.3) is 0 Å². The third-order valence-corrected chi connectivity index (χ3v) is 5.51. The van der Waals surface area contributed by atoms with Gasteiger partial charge >= 0.3 is 0 Å². The molecule has 2 unspecified atom stereocenters. The van der Waals surface area contributed by atoms with E-state index in [1.165, 1.54) is 25.7 Å². The highest BCUT2D eigenvalue weighted by Crippen LogP contribution is 2.55. The number of rotatable bonds is 4. The second-order valence-electron chi connectivity index (χ2n) is 5.90. The average molecular weight is 303 g/mol. The van der Waals surface area contributed by atoms with E-state index in [9.17, 15) is 4.79 Å². The average Bonchev–Trinajstić information content (AvgIpc) is 3.07. The first-order valence-electron chi connectivity index (χ1n) is 7.76. The maximum atomic E-state index is 12.2. The van der Waals surface area contributed by atoms with Crippen molar-refractivity contribution in [2.75, 3.05) is 6.61 Å². The van der Waals surface area contributed by atoms with Crippen LogP contribution in [-0.2, 0) is 11.3 Å². The third-order valence-electron chi connectivity index (χ3n) is 4.51. The Morgan fingerprint density at radius 1 is 1.33 bits per heavy atom. The fourth-order valence-electron chi connectivity index (χ4n) is 3.42. The minimum Gasteiger partial charge on any atom is -0.395 e. The molecule has 1 heterocycles. The standard InChI is InChI=1S/C17H21NO2S/c19-10-4-3-5-12-8-9-13(21-12)11-18-17(20)16-14-6-1-2-7-15(14)16/h8-9,14-16,19H,1-2,4,6-7,10-11H2,(H,18,20). The number of aliphatic hydroxyl groups excluding tert-OH is 1. The fourth-order valence-corrected chi connectivity index (χ4v) is 4.24. The van der Waals surface area contributed by atoms with Crippen molar-refractivity contribution in [3.8, 4) is 11.8 Å². The van der Waals surface area contributed by atoms with Gasteiger partial charge in [-0.05, 0) is 36.8 Å². The van der Waals surface area contributed by atoms with E-state index in [1.807, 2.05) is 12.1 Å². The predicted molar refractivity (Wildman–Crippen MR) is 83.7 cm³/mol. The van der Waals surface area contributed by atoms with Crippen LogP contribution in [0.2, 0.25) is 0 Å². The molecule has 0 spiro atoms. The van der Waals surface area contributed by atoms with Gasteiger partial charge in [0.15, 0.2) is 0 Å². The Labute approximate surface area is 129 Å². The lowest BCUT2D eigenvalue weighted by Gasteiger charge is -2.04. The Bertz CT molecular complexity index is 557. The number of carbonyl (C=O) groups excluding carboxylic acids is 1. The summed E-state index contributed by atoms with van der Waals surface area (Å²) in [6.07, 6.45) is 5.59. The lowest BCUT2D eigenvalue weighted by atomic mass is 10.0. The number of amides is 1. The SMILES string of the molecule is O=C(NCc1ccc(C#CCCO)s1)C1C2CCCCC21. The molecule has 1 aromatic rings. The predicted octanol–water partition coefficient (Wildman–Crippen LogP) is 2.53. The number of hydrogen-bond acceptors (Lipinski definition) is 3. The second kappa shape index (κ2) is 6.64. The summed E-state index contributed by atoms with van der Waals surface area (Å²) in [5.41, 5.74) is 0. The molecule has 2 saturated carbocycles. The topological polar surface area (TPSA) is 49.3 Å². The van der Waals surface area contributed by atoms with Crippen molar-refractivity contribution in [3.05, 3.63) is 21.9 Å². The molecule has 0 aliphatic heterocycles. The van der Waals surface area contributed by atoms with E-state index in [-0.39, 0.29) is 18.4 Å². The van der Waals surface area contributed by atoms with Gasteiger partial charge < -0.3 is 10.4 Å². The summed E-state index contributed by atoms with van der Waals surface area (Å²) in [4.78, 5) is 14.3. The van der Waals surface area contributed by atoms with Crippen LogP contribution in [0.15, 0.2) is 12.1 Å². The molecule has 0 radical (unpaired) electrons. The van der Waals surface area contributed by atoms with Gasteiger partial charge in [-0.2, -0.15) is 0 Å². The summed E-state index contributed by atoms with van der Waals surface area (Å²) in [6, 6.07) is 4.00. The van der Waals surface area contributed by atoms with Crippen LogP contribution in [0.5, 0.6) is 0 Å². The molecule has 21 heavy (non-hydrogen) atoms. The van der Waals surface area contributed by atoms with Crippen LogP contribution in [-0.4, -0.2) is 17.6 Å². The van der Waals surface area contributed by atoms with Crippen molar-refractivity contribution >= 4 is 17.2 Å². The molecule has 2 aliphatic carbocycles. The van der Waals surface area contributed by atoms with Crippen molar-refractivity contribution in [1.82, 2.24) is 5.32 Å². The first kappa shape index (κ1) is 14.6. The highest BCUT2D eigenvalue weighted by molar-refractivity contribution is 7.12. The zero-order valence-corrected chi connectivity index (χ0v) is 12.9. The van der Waals surface area contributed by atoms with E-state index < -0.39 is 0 Å². The Hall–Kier alpha value is -1.31. The van der Waals surface area contributed by atoms with Gasteiger partial charge in [0.05, 0.1) is 18.0 Å². The monoisotopic (exact) mass is 303 g/mol. The molecule has 2 atom stereocenters. The zero-order chi connectivity index (χ0) is 14.7. The zero-order valence-electron chi connectivity index (χ0n) is 12.1. The molecule has 0 saturated heterocycles. The molecule has 1 aromatic heterocycles. The minimum atomic E-state index is 0.102. The molecule has 2 N–H and O–H groups in total. The summed E-state index contributed by atoms with van der Waals surface area (Å²) in [5.74, 6) is 7.81. The smallest absolute Gasteiger partial charge is 0.223 e. The van der Waals surface area contributed by atoms with E-state index in [4.69, 9.17) is 5.11 Å². The van der Waals surface area contributed by atoms with Gasteiger partial charge in [0.25, 0.3) is 0 Å². The van der Waals surface area contributed by atoms with E-state index >= 15 is 0 Å². The number of thiophene rings is 1. The summed E-state index contributed by atoms with van der Waals surface area (Å²) in [7, 11) is 0. The van der Waals surface area contributed by atoms with E-state index in [0.717, 1.165) is 9.75 Å². The molecule has 2 fully saturated rings. The van der Waals surface area contributed by atoms with Gasteiger partial charge in [-0.25, -0.2) is 0 Å². The Balaban J connectivity index is 1.47. The fraction of sp³-hybridized carbons (Fsp3) is 0.588. The third kappa shape index (κ3) is 3.48. The van der Waals surface area contributed by atoms with Gasteiger partial charge in [-0.3, -0.25) is 4.79 Å². The van der Waals surface area contributed by atoms with Crippen LogP contribution in [0.3, 0.4) is 0 Å². The molecule has 1 amide bonds. The number of carbonyl (C=O) groups is 1. The van der Waals surface area contributed by atoms with E-state index in [0.29, 0.717) is 24.8 Å². The van der Waals surface area contributed by atoms with E-state index in [2.05, 4.69) is 17.2 Å². The maximum Gasteiger partial charge on any atom is 0.223 e. The minimum absolute atomic E-state index is 0.102. The molecular weight excluding hydrogens is 282 g/mol. The molecular formula is C17H21NO2S. The number of hydrogen-bond donors (Lipinski definition) is 2. The molecule has 4 heteroatoms. The summed E-state index contributed by atoms with van der Waals surface area (Å²) >= 11 is 1.61. The van der Waals surface area contributed by atoms with Gasteiger partial charge in [0.2, 0.25) is 5.91 Å². The van der Waals surface area contributed by atoms with Gasteiger partial charge in [0, 0.05) is 17.2 Å². The maximum absolute atomic E-state index is 12.2. The first-order chi connectivity index (χ1) is 10.3. The molecule has 0 aromatic carbocycles. The molecule has 0 bridgehead atoms. The van der Waals surface area contributed by atoms with Crippen LogP contribution in [0, 0.1) is 29.6 Å². The Morgan fingerprint density at radius 3 is 2.81 bits per heavy atom. The van der Waals surface area contributed by atoms with Crippen LogP contribution in [0.4, 0.5) is 0 Å². The van der Waals surface area contributed by atoms with Gasteiger partial charge in [-0.1, -0.05) is 24.7 Å². The summed E-state index contributed by atoms with van der Waals surface area (Å²) in [6.45, 7) is 0.714. The largest absolute Gasteiger partial charge is 0.395 e. The number of aliphatic hydroxyl groups is 1.